The summed E-state index contributed by atoms with van der Waals surface area (Å²) in [5.41, 5.74) is 4.17. The minimum atomic E-state index is -0.248. The zero-order chi connectivity index (χ0) is 18.4. The van der Waals surface area contributed by atoms with Crippen molar-refractivity contribution < 1.29 is 14.3 Å². The van der Waals surface area contributed by atoms with E-state index in [-0.39, 0.29) is 5.97 Å². The fraction of sp³-hybridized carbons (Fsp3) is 0.381. The second kappa shape index (κ2) is 8.91. The van der Waals surface area contributed by atoms with Gasteiger partial charge in [-0.2, -0.15) is 0 Å². The largest absolute Gasteiger partial charge is 0.488 e. The summed E-state index contributed by atoms with van der Waals surface area (Å²) in [6.07, 6.45) is 2.04. The van der Waals surface area contributed by atoms with Crippen LogP contribution in [0.25, 0.3) is 0 Å². The van der Waals surface area contributed by atoms with Crippen molar-refractivity contribution in [1.82, 2.24) is 0 Å². The second-order valence-corrected chi connectivity index (χ2v) is 6.33. The van der Waals surface area contributed by atoms with Crippen LogP contribution in [0.1, 0.15) is 49.4 Å². The van der Waals surface area contributed by atoms with Crippen molar-refractivity contribution >= 4 is 17.6 Å². The van der Waals surface area contributed by atoms with Crippen LogP contribution < -0.4 is 9.47 Å². The van der Waals surface area contributed by atoms with Crippen molar-refractivity contribution in [3.8, 4) is 11.5 Å². The fourth-order valence-corrected chi connectivity index (χ4v) is 2.83. The van der Waals surface area contributed by atoms with Crippen LogP contribution in [0.3, 0.4) is 0 Å². The third-order valence-corrected chi connectivity index (χ3v) is 4.63. The maximum Gasteiger partial charge on any atom is 0.310 e. The van der Waals surface area contributed by atoms with E-state index in [2.05, 4.69) is 19.9 Å². The Morgan fingerprint density at radius 3 is 2.40 bits per heavy atom. The van der Waals surface area contributed by atoms with Gasteiger partial charge in [0.25, 0.3) is 0 Å². The molecule has 0 fully saturated rings. The molecule has 0 spiro atoms. The lowest BCUT2D eigenvalue weighted by atomic mass is 10.0. The Hall–Kier alpha value is -2.00. The molecule has 0 atom stereocenters. The summed E-state index contributed by atoms with van der Waals surface area (Å²) in [7, 11) is 0. The molecule has 0 bridgehead atoms. The van der Waals surface area contributed by atoms with Crippen LogP contribution >= 0.6 is 11.6 Å². The van der Waals surface area contributed by atoms with Crippen molar-refractivity contribution in [2.24, 2.45) is 0 Å². The summed E-state index contributed by atoms with van der Waals surface area (Å²) in [6.45, 7) is 8.27. The minimum absolute atomic E-state index is 0.248. The van der Waals surface area contributed by atoms with Gasteiger partial charge in [-0.25, -0.2) is 0 Å². The molecule has 0 radical (unpaired) electrons. The van der Waals surface area contributed by atoms with Gasteiger partial charge in [-0.15, -0.1) is 0 Å². The third kappa shape index (κ3) is 4.76. The first-order chi connectivity index (χ1) is 12.0. The highest BCUT2D eigenvalue weighted by molar-refractivity contribution is 6.31. The van der Waals surface area contributed by atoms with E-state index in [1.165, 1.54) is 0 Å². The number of ether oxygens (including phenoxy) is 2. The average Bonchev–Trinajstić information content (AvgIpc) is 2.62. The van der Waals surface area contributed by atoms with Gasteiger partial charge in [-0.3, -0.25) is 4.79 Å². The molecule has 0 aliphatic heterocycles. The molecule has 0 aromatic heterocycles. The summed E-state index contributed by atoms with van der Waals surface area (Å²) in [4.78, 5) is 11.7. The number of esters is 1. The van der Waals surface area contributed by atoms with E-state index in [1.807, 2.05) is 31.2 Å². The molecule has 0 saturated carbocycles. The lowest BCUT2D eigenvalue weighted by Crippen LogP contribution is -2.10. The number of hydrogen-bond donors (Lipinski definition) is 0. The number of aryl methyl sites for hydroxylation is 3. The molecule has 0 amide bonds. The number of rotatable bonds is 7. The van der Waals surface area contributed by atoms with Gasteiger partial charge in [0.15, 0.2) is 0 Å². The molecule has 2 aromatic carbocycles. The zero-order valence-electron chi connectivity index (χ0n) is 15.3. The van der Waals surface area contributed by atoms with E-state index < -0.39 is 0 Å². The molecular formula is C21H25ClO3. The first-order valence-corrected chi connectivity index (χ1v) is 9.11. The summed E-state index contributed by atoms with van der Waals surface area (Å²) in [6, 6.07) is 9.67. The molecule has 0 unspecified atom stereocenters. The highest BCUT2D eigenvalue weighted by atomic mass is 35.5. The number of halogens is 1. The van der Waals surface area contributed by atoms with Crippen LogP contribution in [-0.4, -0.2) is 5.97 Å². The van der Waals surface area contributed by atoms with Gasteiger partial charge in [-0.05, 0) is 48.6 Å². The predicted octanol–water partition coefficient (Wildman–Crippen LogP) is 5.67. The van der Waals surface area contributed by atoms with Crippen LogP contribution in [0.15, 0.2) is 30.3 Å². The highest BCUT2D eigenvalue weighted by Gasteiger charge is 2.14. The van der Waals surface area contributed by atoms with E-state index >= 15 is 0 Å². The molecule has 25 heavy (non-hydrogen) atoms. The van der Waals surface area contributed by atoms with E-state index in [4.69, 9.17) is 21.1 Å². The van der Waals surface area contributed by atoms with Crippen LogP contribution in [0.4, 0.5) is 0 Å². The molecule has 0 N–H and O–H groups in total. The van der Waals surface area contributed by atoms with Crippen molar-refractivity contribution in [2.45, 2.75) is 53.6 Å². The van der Waals surface area contributed by atoms with Crippen LogP contribution in [0.2, 0.25) is 5.02 Å². The molecule has 3 nitrogen and oxygen atoms in total. The zero-order valence-corrected chi connectivity index (χ0v) is 16.1. The average molecular weight is 361 g/mol. The van der Waals surface area contributed by atoms with E-state index in [1.54, 1.807) is 6.92 Å². The maximum absolute atomic E-state index is 11.7. The minimum Gasteiger partial charge on any atom is -0.488 e. The summed E-state index contributed by atoms with van der Waals surface area (Å²) in [5.74, 6) is 1.10. The fourth-order valence-electron chi connectivity index (χ4n) is 2.68. The van der Waals surface area contributed by atoms with E-state index in [9.17, 15) is 4.79 Å². The monoisotopic (exact) mass is 360 g/mol. The van der Waals surface area contributed by atoms with Gasteiger partial charge in [0.2, 0.25) is 0 Å². The molecule has 2 rings (SSSR count). The predicted molar refractivity (Wildman–Crippen MR) is 102 cm³/mol. The number of benzene rings is 2. The topological polar surface area (TPSA) is 35.5 Å². The van der Waals surface area contributed by atoms with Gasteiger partial charge in [0.1, 0.15) is 18.1 Å². The van der Waals surface area contributed by atoms with Gasteiger partial charge in [0.05, 0.1) is 0 Å². The summed E-state index contributed by atoms with van der Waals surface area (Å²) >= 11 is 6.25. The second-order valence-electron chi connectivity index (χ2n) is 5.93. The lowest BCUT2D eigenvalue weighted by molar-refractivity contribution is -0.134. The SMILES string of the molecule is CCC(=O)Oc1cccc(CC)c1COc1cc(Cl)c(C)cc1CC. The first kappa shape index (κ1) is 19.3. The van der Waals surface area contributed by atoms with Gasteiger partial charge < -0.3 is 9.47 Å². The van der Waals surface area contributed by atoms with Gasteiger partial charge in [0, 0.05) is 17.0 Å². The maximum atomic E-state index is 11.7. The van der Waals surface area contributed by atoms with Gasteiger partial charge >= 0.3 is 5.97 Å². The Bertz CT molecular complexity index is 753. The third-order valence-electron chi connectivity index (χ3n) is 4.22. The van der Waals surface area contributed by atoms with Crippen molar-refractivity contribution in [1.29, 1.82) is 0 Å². The molecule has 2 aromatic rings. The quantitative estimate of drug-likeness (QED) is 0.471. The van der Waals surface area contributed by atoms with Crippen LogP contribution in [-0.2, 0) is 24.2 Å². The normalized spacial score (nSPS) is 10.6. The molecule has 0 aliphatic carbocycles. The Morgan fingerprint density at radius 1 is 1.04 bits per heavy atom. The van der Waals surface area contributed by atoms with E-state index in [0.29, 0.717) is 23.8 Å². The molecular weight excluding hydrogens is 336 g/mol. The lowest BCUT2D eigenvalue weighted by Gasteiger charge is -2.17. The van der Waals surface area contributed by atoms with Crippen molar-refractivity contribution in [3.05, 3.63) is 57.6 Å². The Kier molecular flexibility index (Phi) is 6.89. The van der Waals surface area contributed by atoms with Crippen LogP contribution in [0, 0.1) is 6.92 Å². The van der Waals surface area contributed by atoms with Crippen molar-refractivity contribution in [2.75, 3.05) is 0 Å². The Morgan fingerprint density at radius 2 is 1.76 bits per heavy atom. The summed E-state index contributed by atoms with van der Waals surface area (Å²) in [5, 5.41) is 0.689. The molecule has 4 heteroatoms. The Labute approximate surface area is 154 Å². The number of hydrogen-bond acceptors (Lipinski definition) is 3. The standard InChI is InChI=1S/C21H25ClO3/c1-5-15-9-8-10-19(25-21(23)7-3)17(15)13-24-20-12-18(22)14(4)11-16(20)6-2/h8-12H,5-7,13H2,1-4H3. The molecule has 0 aliphatic rings. The highest BCUT2D eigenvalue weighted by Crippen LogP contribution is 2.30. The number of carbonyl (C=O) groups excluding carboxylic acids is 1. The van der Waals surface area contributed by atoms with Crippen molar-refractivity contribution in [3.63, 3.8) is 0 Å². The number of carbonyl (C=O) groups is 1. The Balaban J connectivity index is 2.31. The molecule has 0 heterocycles. The van der Waals surface area contributed by atoms with Gasteiger partial charge in [-0.1, -0.05) is 50.6 Å². The first-order valence-electron chi connectivity index (χ1n) is 8.73. The molecule has 134 valence electrons. The summed E-state index contributed by atoms with van der Waals surface area (Å²) < 4.78 is 11.6. The molecule has 0 saturated heterocycles. The smallest absolute Gasteiger partial charge is 0.310 e. The van der Waals surface area contributed by atoms with Crippen LogP contribution in [0.5, 0.6) is 11.5 Å². The van der Waals surface area contributed by atoms with E-state index in [0.717, 1.165) is 40.8 Å².